The SMILES string of the molecule is CC(C)(C)CC(=O)Nc1ccc2c(c1)CN(S(C)(=O)=O)CC2. The minimum absolute atomic E-state index is 0.0248. The molecule has 0 atom stereocenters. The van der Waals surface area contributed by atoms with Gasteiger partial charge in [0.15, 0.2) is 0 Å². The van der Waals surface area contributed by atoms with E-state index in [1.54, 1.807) is 0 Å². The number of amides is 1. The van der Waals surface area contributed by atoms with Gasteiger partial charge in [0.05, 0.1) is 6.26 Å². The first-order chi connectivity index (χ1) is 10.0. The predicted octanol–water partition coefficient (Wildman–Crippen LogP) is 2.38. The molecule has 0 aliphatic carbocycles. The topological polar surface area (TPSA) is 66.5 Å². The number of hydrogen-bond acceptors (Lipinski definition) is 3. The van der Waals surface area contributed by atoms with Crippen LogP contribution in [0.5, 0.6) is 0 Å². The molecular formula is C16H24N2O3S. The van der Waals surface area contributed by atoms with Crippen molar-refractivity contribution in [3.8, 4) is 0 Å². The number of nitrogens with one attached hydrogen (secondary N) is 1. The largest absolute Gasteiger partial charge is 0.326 e. The highest BCUT2D eigenvalue weighted by atomic mass is 32.2. The van der Waals surface area contributed by atoms with Crippen molar-refractivity contribution >= 4 is 21.6 Å². The van der Waals surface area contributed by atoms with E-state index >= 15 is 0 Å². The summed E-state index contributed by atoms with van der Waals surface area (Å²) in [4.78, 5) is 12.0. The van der Waals surface area contributed by atoms with Gasteiger partial charge in [-0.3, -0.25) is 4.79 Å². The Labute approximate surface area is 132 Å². The van der Waals surface area contributed by atoms with Gasteiger partial charge in [0, 0.05) is 25.2 Å². The Kier molecular flexibility index (Phi) is 4.63. The second-order valence-corrected chi connectivity index (χ2v) is 9.10. The lowest BCUT2D eigenvalue weighted by atomic mass is 9.92. The summed E-state index contributed by atoms with van der Waals surface area (Å²) in [5, 5.41) is 2.90. The van der Waals surface area contributed by atoms with E-state index in [9.17, 15) is 13.2 Å². The van der Waals surface area contributed by atoms with Crippen molar-refractivity contribution in [1.29, 1.82) is 0 Å². The molecule has 1 aliphatic heterocycles. The molecule has 0 saturated heterocycles. The van der Waals surface area contributed by atoms with E-state index in [-0.39, 0.29) is 11.3 Å². The average Bonchev–Trinajstić information content (AvgIpc) is 2.34. The number of sulfonamides is 1. The highest BCUT2D eigenvalue weighted by Gasteiger charge is 2.23. The van der Waals surface area contributed by atoms with Crippen LogP contribution in [0.3, 0.4) is 0 Å². The maximum Gasteiger partial charge on any atom is 0.224 e. The second-order valence-electron chi connectivity index (χ2n) is 7.12. The number of benzene rings is 1. The van der Waals surface area contributed by atoms with Crippen LogP contribution in [-0.2, 0) is 27.8 Å². The quantitative estimate of drug-likeness (QED) is 0.928. The van der Waals surface area contributed by atoms with Gasteiger partial charge in [-0.25, -0.2) is 8.42 Å². The van der Waals surface area contributed by atoms with Gasteiger partial charge in [-0.05, 0) is 35.1 Å². The van der Waals surface area contributed by atoms with Crippen LogP contribution < -0.4 is 5.32 Å². The molecule has 0 fully saturated rings. The fourth-order valence-electron chi connectivity index (χ4n) is 2.58. The first-order valence-corrected chi connectivity index (χ1v) is 9.26. The fraction of sp³-hybridized carbons (Fsp3) is 0.562. The monoisotopic (exact) mass is 324 g/mol. The van der Waals surface area contributed by atoms with Gasteiger partial charge in [0.25, 0.3) is 0 Å². The Hall–Kier alpha value is -1.40. The van der Waals surface area contributed by atoms with Gasteiger partial charge in [0.2, 0.25) is 15.9 Å². The third-order valence-electron chi connectivity index (χ3n) is 3.63. The van der Waals surface area contributed by atoms with Crippen LogP contribution >= 0.6 is 0 Å². The van der Waals surface area contributed by atoms with Crippen LogP contribution in [0.15, 0.2) is 18.2 Å². The molecule has 1 aromatic rings. The maximum absolute atomic E-state index is 12.0. The Morgan fingerprint density at radius 3 is 2.55 bits per heavy atom. The van der Waals surface area contributed by atoms with E-state index in [2.05, 4.69) is 5.32 Å². The number of carbonyl (C=O) groups is 1. The molecule has 0 spiro atoms. The van der Waals surface area contributed by atoms with Crippen molar-refractivity contribution in [1.82, 2.24) is 4.31 Å². The van der Waals surface area contributed by atoms with Gasteiger partial charge >= 0.3 is 0 Å². The highest BCUT2D eigenvalue weighted by molar-refractivity contribution is 7.88. The Morgan fingerprint density at radius 2 is 1.95 bits per heavy atom. The molecule has 0 radical (unpaired) electrons. The number of rotatable bonds is 3. The van der Waals surface area contributed by atoms with Crippen molar-refractivity contribution < 1.29 is 13.2 Å². The highest BCUT2D eigenvalue weighted by Crippen LogP contribution is 2.25. The van der Waals surface area contributed by atoms with Gasteiger partial charge in [-0.2, -0.15) is 4.31 Å². The first-order valence-electron chi connectivity index (χ1n) is 7.41. The Morgan fingerprint density at radius 1 is 1.27 bits per heavy atom. The molecule has 1 aromatic carbocycles. The second kappa shape index (κ2) is 6.01. The number of fused-ring (bicyclic) bond motifs is 1. The lowest BCUT2D eigenvalue weighted by molar-refractivity contribution is -0.117. The Balaban J connectivity index is 2.13. The van der Waals surface area contributed by atoms with Crippen molar-refractivity contribution in [2.75, 3.05) is 18.1 Å². The van der Waals surface area contributed by atoms with Crippen molar-refractivity contribution in [3.05, 3.63) is 29.3 Å². The van der Waals surface area contributed by atoms with Crippen molar-refractivity contribution in [2.24, 2.45) is 5.41 Å². The zero-order valence-corrected chi connectivity index (χ0v) is 14.5. The number of hydrogen-bond donors (Lipinski definition) is 1. The standard InChI is InChI=1S/C16H24N2O3S/c1-16(2,3)10-15(19)17-14-6-5-12-7-8-18(22(4,20)21)11-13(12)9-14/h5-6,9H,7-8,10-11H2,1-4H3,(H,17,19). The molecule has 1 aliphatic rings. The number of nitrogens with zero attached hydrogens (tertiary/aromatic N) is 1. The zero-order valence-electron chi connectivity index (χ0n) is 13.6. The number of carbonyl (C=O) groups excluding carboxylic acids is 1. The smallest absolute Gasteiger partial charge is 0.224 e. The lowest BCUT2D eigenvalue weighted by Crippen LogP contribution is -2.35. The van der Waals surface area contributed by atoms with E-state index < -0.39 is 10.0 Å². The molecule has 5 nitrogen and oxygen atoms in total. The molecule has 0 unspecified atom stereocenters. The summed E-state index contributed by atoms with van der Waals surface area (Å²) in [6.45, 7) is 6.94. The molecule has 0 saturated carbocycles. The van der Waals surface area contributed by atoms with Crippen molar-refractivity contribution in [3.63, 3.8) is 0 Å². The van der Waals surface area contributed by atoms with Crippen LogP contribution in [-0.4, -0.2) is 31.4 Å². The van der Waals surface area contributed by atoms with Gasteiger partial charge in [0.1, 0.15) is 0 Å². The van der Waals surface area contributed by atoms with E-state index in [0.29, 0.717) is 25.9 Å². The normalized spacial score (nSPS) is 16.2. The van der Waals surface area contributed by atoms with Crippen LogP contribution in [0.1, 0.15) is 38.3 Å². The first kappa shape index (κ1) is 17.0. The molecular weight excluding hydrogens is 300 g/mol. The lowest BCUT2D eigenvalue weighted by Gasteiger charge is -2.27. The predicted molar refractivity (Wildman–Crippen MR) is 88.1 cm³/mol. The van der Waals surface area contributed by atoms with Crippen molar-refractivity contribution in [2.45, 2.75) is 40.2 Å². The van der Waals surface area contributed by atoms with E-state index in [0.717, 1.165) is 16.8 Å². The third-order valence-corrected chi connectivity index (χ3v) is 4.88. The third kappa shape index (κ3) is 4.55. The molecule has 1 heterocycles. The molecule has 22 heavy (non-hydrogen) atoms. The molecule has 6 heteroatoms. The molecule has 2 rings (SSSR count). The van der Waals surface area contributed by atoms with E-state index in [1.807, 2.05) is 39.0 Å². The van der Waals surface area contributed by atoms with Crippen LogP contribution in [0.2, 0.25) is 0 Å². The minimum Gasteiger partial charge on any atom is -0.326 e. The van der Waals surface area contributed by atoms with Gasteiger partial charge in [-0.1, -0.05) is 26.8 Å². The summed E-state index contributed by atoms with van der Waals surface area (Å²) in [5.74, 6) is -0.0248. The van der Waals surface area contributed by atoms with E-state index in [1.165, 1.54) is 10.6 Å². The van der Waals surface area contributed by atoms with E-state index in [4.69, 9.17) is 0 Å². The fourth-order valence-corrected chi connectivity index (χ4v) is 3.38. The van der Waals surface area contributed by atoms with Gasteiger partial charge < -0.3 is 5.32 Å². The summed E-state index contributed by atoms with van der Waals surface area (Å²) in [5.41, 5.74) is 2.77. The van der Waals surface area contributed by atoms with Crippen LogP contribution in [0.4, 0.5) is 5.69 Å². The van der Waals surface area contributed by atoms with Crippen LogP contribution in [0.25, 0.3) is 0 Å². The molecule has 1 amide bonds. The molecule has 0 aromatic heterocycles. The average molecular weight is 324 g/mol. The zero-order chi connectivity index (χ0) is 16.5. The molecule has 122 valence electrons. The number of anilines is 1. The summed E-state index contributed by atoms with van der Waals surface area (Å²) >= 11 is 0. The molecule has 1 N–H and O–H groups in total. The van der Waals surface area contributed by atoms with Crippen LogP contribution in [0, 0.1) is 5.41 Å². The molecule has 0 bridgehead atoms. The summed E-state index contributed by atoms with van der Waals surface area (Å²) < 4.78 is 24.8. The van der Waals surface area contributed by atoms with Gasteiger partial charge in [-0.15, -0.1) is 0 Å². The summed E-state index contributed by atoms with van der Waals surface area (Å²) in [7, 11) is -3.18. The summed E-state index contributed by atoms with van der Waals surface area (Å²) in [6, 6.07) is 5.74. The summed E-state index contributed by atoms with van der Waals surface area (Å²) in [6.07, 6.45) is 2.38. The maximum atomic E-state index is 12.0. The Bertz CT molecular complexity index is 675. The minimum atomic E-state index is -3.18.